The smallest absolute Gasteiger partial charge is 0.191 e. The van der Waals surface area contributed by atoms with E-state index in [0.717, 1.165) is 27.5 Å². The van der Waals surface area contributed by atoms with E-state index in [4.69, 9.17) is 16.3 Å². The highest BCUT2D eigenvalue weighted by Crippen LogP contribution is 2.24. The first-order valence-corrected chi connectivity index (χ1v) is 10.6. The maximum Gasteiger partial charge on any atom is 0.191 e. The van der Waals surface area contributed by atoms with E-state index in [1.54, 1.807) is 11.8 Å². The first kappa shape index (κ1) is 20.5. The molecule has 0 spiro atoms. The summed E-state index contributed by atoms with van der Waals surface area (Å²) in [4.78, 5) is 0. The van der Waals surface area contributed by atoms with Crippen LogP contribution in [0.2, 0.25) is 5.02 Å². The molecule has 0 saturated carbocycles. The van der Waals surface area contributed by atoms with Crippen molar-refractivity contribution in [2.45, 2.75) is 43.8 Å². The van der Waals surface area contributed by atoms with E-state index in [9.17, 15) is 0 Å². The van der Waals surface area contributed by atoms with Gasteiger partial charge in [-0.25, -0.2) is 0 Å². The van der Waals surface area contributed by atoms with Crippen LogP contribution in [0, 0.1) is 0 Å². The SMILES string of the molecule is C=CCn1c(COc2ccc(C(C)C)cc2)nnc1SCc1ccc(Cl)cc1. The Hall–Kier alpha value is -2.24. The third-order valence-electron chi connectivity index (χ3n) is 4.30. The summed E-state index contributed by atoms with van der Waals surface area (Å²) in [6.45, 7) is 9.21. The topological polar surface area (TPSA) is 39.9 Å². The fraction of sp³-hybridized carbons (Fsp3) is 0.273. The molecule has 4 nitrogen and oxygen atoms in total. The maximum atomic E-state index is 5.95. The molecular formula is C22H24ClN3OS. The van der Waals surface area contributed by atoms with Crippen LogP contribution in [0.3, 0.4) is 0 Å². The van der Waals surface area contributed by atoms with Gasteiger partial charge in [-0.15, -0.1) is 16.8 Å². The number of thioether (sulfide) groups is 1. The predicted molar refractivity (Wildman–Crippen MR) is 116 cm³/mol. The van der Waals surface area contributed by atoms with E-state index in [1.165, 1.54) is 11.1 Å². The fourth-order valence-electron chi connectivity index (χ4n) is 2.67. The summed E-state index contributed by atoms with van der Waals surface area (Å²) >= 11 is 7.59. The molecule has 0 radical (unpaired) electrons. The van der Waals surface area contributed by atoms with Crippen molar-refractivity contribution in [1.29, 1.82) is 0 Å². The normalized spacial score (nSPS) is 11.0. The monoisotopic (exact) mass is 413 g/mol. The van der Waals surface area contributed by atoms with Crippen molar-refractivity contribution in [3.05, 3.63) is 83.2 Å². The number of hydrogen-bond donors (Lipinski definition) is 0. The van der Waals surface area contributed by atoms with Gasteiger partial charge in [-0.3, -0.25) is 4.57 Å². The summed E-state index contributed by atoms with van der Waals surface area (Å²) in [5, 5.41) is 10.3. The molecule has 0 aliphatic carbocycles. The highest BCUT2D eigenvalue weighted by Gasteiger charge is 2.13. The van der Waals surface area contributed by atoms with Gasteiger partial charge in [-0.05, 0) is 41.3 Å². The second-order valence-electron chi connectivity index (χ2n) is 6.73. The predicted octanol–water partition coefficient (Wildman–Crippen LogP) is 6.11. The molecule has 0 N–H and O–H groups in total. The minimum absolute atomic E-state index is 0.364. The summed E-state index contributed by atoms with van der Waals surface area (Å²) in [5.41, 5.74) is 2.48. The molecule has 0 bridgehead atoms. The van der Waals surface area contributed by atoms with Gasteiger partial charge in [0.25, 0.3) is 0 Å². The van der Waals surface area contributed by atoms with E-state index in [2.05, 4.69) is 42.8 Å². The number of ether oxygens (including phenoxy) is 1. The Kier molecular flexibility index (Phi) is 7.18. The van der Waals surface area contributed by atoms with E-state index < -0.39 is 0 Å². The molecule has 0 aliphatic rings. The van der Waals surface area contributed by atoms with Crippen molar-refractivity contribution >= 4 is 23.4 Å². The molecule has 0 amide bonds. The zero-order chi connectivity index (χ0) is 19.9. The zero-order valence-corrected chi connectivity index (χ0v) is 17.7. The van der Waals surface area contributed by atoms with Crippen molar-refractivity contribution < 1.29 is 4.74 Å². The van der Waals surface area contributed by atoms with Gasteiger partial charge in [-0.2, -0.15) is 0 Å². The minimum Gasteiger partial charge on any atom is -0.486 e. The van der Waals surface area contributed by atoms with E-state index in [1.807, 2.05) is 47.0 Å². The first-order valence-electron chi connectivity index (χ1n) is 9.19. The number of halogens is 1. The van der Waals surface area contributed by atoms with Gasteiger partial charge in [0, 0.05) is 17.3 Å². The Balaban J connectivity index is 1.65. The Morgan fingerprint density at radius 3 is 2.46 bits per heavy atom. The average molecular weight is 414 g/mol. The number of allylic oxidation sites excluding steroid dienone is 1. The second kappa shape index (κ2) is 9.80. The molecule has 0 unspecified atom stereocenters. The number of benzene rings is 2. The molecule has 3 aromatic rings. The van der Waals surface area contributed by atoms with Gasteiger partial charge >= 0.3 is 0 Å². The molecule has 28 heavy (non-hydrogen) atoms. The van der Waals surface area contributed by atoms with Crippen LogP contribution in [-0.4, -0.2) is 14.8 Å². The first-order chi connectivity index (χ1) is 13.6. The summed E-state index contributed by atoms with van der Waals surface area (Å²) in [7, 11) is 0. The summed E-state index contributed by atoms with van der Waals surface area (Å²) in [6.07, 6.45) is 1.84. The lowest BCUT2D eigenvalue weighted by molar-refractivity contribution is 0.289. The lowest BCUT2D eigenvalue weighted by Gasteiger charge is -2.10. The second-order valence-corrected chi connectivity index (χ2v) is 8.10. The van der Waals surface area contributed by atoms with Crippen molar-refractivity contribution in [1.82, 2.24) is 14.8 Å². The van der Waals surface area contributed by atoms with Gasteiger partial charge in [0.05, 0.1) is 0 Å². The average Bonchev–Trinajstić information content (AvgIpc) is 3.08. The molecule has 6 heteroatoms. The van der Waals surface area contributed by atoms with Crippen LogP contribution in [0.5, 0.6) is 5.75 Å². The van der Waals surface area contributed by atoms with Crippen LogP contribution in [0.1, 0.15) is 36.7 Å². The quantitative estimate of drug-likeness (QED) is 0.313. The van der Waals surface area contributed by atoms with E-state index >= 15 is 0 Å². The van der Waals surface area contributed by atoms with Crippen LogP contribution in [0.4, 0.5) is 0 Å². The molecule has 1 aromatic heterocycles. The van der Waals surface area contributed by atoms with Crippen LogP contribution in [0.15, 0.2) is 66.3 Å². The number of nitrogens with zero attached hydrogens (tertiary/aromatic N) is 3. The van der Waals surface area contributed by atoms with Crippen LogP contribution >= 0.6 is 23.4 Å². The lowest BCUT2D eigenvalue weighted by Crippen LogP contribution is -2.07. The maximum absolute atomic E-state index is 5.95. The van der Waals surface area contributed by atoms with Crippen molar-refractivity contribution in [2.75, 3.05) is 0 Å². The third-order valence-corrected chi connectivity index (χ3v) is 5.59. The van der Waals surface area contributed by atoms with Crippen LogP contribution in [0.25, 0.3) is 0 Å². The zero-order valence-electron chi connectivity index (χ0n) is 16.1. The summed E-state index contributed by atoms with van der Waals surface area (Å²) < 4.78 is 7.96. The number of aromatic nitrogens is 3. The van der Waals surface area contributed by atoms with E-state index in [0.29, 0.717) is 19.1 Å². The molecule has 3 rings (SSSR count). The third kappa shape index (κ3) is 5.40. The fourth-order valence-corrected chi connectivity index (χ4v) is 3.72. The van der Waals surface area contributed by atoms with Gasteiger partial charge in [0.15, 0.2) is 11.0 Å². The van der Waals surface area contributed by atoms with Gasteiger partial charge in [-0.1, -0.05) is 67.6 Å². The Labute approximate surface area is 175 Å². The van der Waals surface area contributed by atoms with Crippen LogP contribution in [-0.2, 0) is 18.9 Å². The van der Waals surface area contributed by atoms with Crippen molar-refractivity contribution in [3.8, 4) is 5.75 Å². The molecule has 0 aliphatic heterocycles. The minimum atomic E-state index is 0.364. The Bertz CT molecular complexity index is 905. The molecule has 1 heterocycles. The van der Waals surface area contributed by atoms with Gasteiger partial charge in [0.2, 0.25) is 0 Å². The molecule has 0 saturated heterocycles. The number of rotatable bonds is 9. The Morgan fingerprint density at radius 2 is 1.82 bits per heavy atom. The van der Waals surface area contributed by atoms with E-state index in [-0.39, 0.29) is 0 Å². The highest BCUT2D eigenvalue weighted by atomic mass is 35.5. The molecular weight excluding hydrogens is 390 g/mol. The molecule has 146 valence electrons. The molecule has 0 fully saturated rings. The highest BCUT2D eigenvalue weighted by molar-refractivity contribution is 7.98. The van der Waals surface area contributed by atoms with Crippen molar-refractivity contribution in [3.63, 3.8) is 0 Å². The molecule has 2 aromatic carbocycles. The number of hydrogen-bond acceptors (Lipinski definition) is 4. The Morgan fingerprint density at radius 1 is 1.11 bits per heavy atom. The lowest BCUT2D eigenvalue weighted by atomic mass is 10.0. The molecule has 0 atom stereocenters. The van der Waals surface area contributed by atoms with Crippen LogP contribution < -0.4 is 4.74 Å². The standard InChI is InChI=1S/C22H24ClN3OS/c1-4-13-26-21(14-27-20-11-7-18(8-12-20)16(2)3)24-25-22(26)28-15-17-5-9-19(23)10-6-17/h4-12,16H,1,13-15H2,2-3H3. The summed E-state index contributed by atoms with van der Waals surface area (Å²) in [5.74, 6) is 2.91. The largest absolute Gasteiger partial charge is 0.486 e. The summed E-state index contributed by atoms with van der Waals surface area (Å²) in [6, 6.07) is 16.0. The van der Waals surface area contributed by atoms with Crippen molar-refractivity contribution in [2.24, 2.45) is 0 Å². The van der Waals surface area contributed by atoms with Gasteiger partial charge in [0.1, 0.15) is 12.4 Å². The van der Waals surface area contributed by atoms with Gasteiger partial charge < -0.3 is 4.74 Å².